The minimum atomic E-state index is 0.220. The van der Waals surface area contributed by atoms with Crippen LogP contribution in [-0.2, 0) is 13.0 Å². The average Bonchev–Trinajstić information content (AvgIpc) is 2.88. The van der Waals surface area contributed by atoms with E-state index in [0.717, 1.165) is 42.8 Å². The van der Waals surface area contributed by atoms with E-state index in [-0.39, 0.29) is 12.6 Å². The molecule has 0 radical (unpaired) electrons. The van der Waals surface area contributed by atoms with Gasteiger partial charge in [0.2, 0.25) is 0 Å². The Morgan fingerprint density at radius 3 is 2.71 bits per heavy atom. The van der Waals surface area contributed by atoms with Gasteiger partial charge in [-0.2, -0.15) is 0 Å². The van der Waals surface area contributed by atoms with Crippen LogP contribution in [0.4, 0.5) is 0 Å². The zero-order valence-electron chi connectivity index (χ0n) is 12.8. The number of aromatic nitrogens is 1. The van der Waals surface area contributed by atoms with Gasteiger partial charge in [0, 0.05) is 24.8 Å². The van der Waals surface area contributed by atoms with Gasteiger partial charge in [0.05, 0.1) is 5.69 Å². The lowest BCUT2D eigenvalue weighted by Crippen LogP contribution is -2.22. The van der Waals surface area contributed by atoms with Crippen molar-refractivity contribution in [1.29, 1.82) is 0 Å². The summed E-state index contributed by atoms with van der Waals surface area (Å²) in [6.07, 6.45) is 2.57. The number of aryl methyl sites for hydroxylation is 2. The summed E-state index contributed by atoms with van der Waals surface area (Å²) in [7, 11) is 0. The van der Waals surface area contributed by atoms with Gasteiger partial charge in [0.25, 0.3) is 0 Å². The van der Waals surface area contributed by atoms with Crippen LogP contribution in [0.25, 0.3) is 0 Å². The smallest absolute Gasteiger partial charge is 0.138 e. The topological polar surface area (TPSA) is 58.3 Å². The molecule has 1 heterocycles. The minimum Gasteiger partial charge on any atom is -0.396 e. The molecule has 2 aromatic rings. The third-order valence-electron chi connectivity index (χ3n) is 3.78. The van der Waals surface area contributed by atoms with Gasteiger partial charge in [0.1, 0.15) is 5.76 Å². The highest BCUT2D eigenvalue weighted by Gasteiger charge is 2.15. The Labute approximate surface area is 126 Å². The number of hydrogen-bond donors (Lipinski definition) is 2. The summed E-state index contributed by atoms with van der Waals surface area (Å²) in [5.41, 5.74) is 3.43. The van der Waals surface area contributed by atoms with Gasteiger partial charge in [-0.3, -0.25) is 0 Å². The van der Waals surface area contributed by atoms with Crippen molar-refractivity contribution in [3.05, 3.63) is 52.9 Å². The lowest BCUT2D eigenvalue weighted by molar-refractivity contribution is 0.274. The van der Waals surface area contributed by atoms with E-state index in [9.17, 15) is 0 Å². The molecule has 0 aliphatic rings. The fraction of sp³-hybridized carbons (Fsp3) is 0.471. The average molecular weight is 288 g/mol. The normalized spacial score (nSPS) is 12.5. The van der Waals surface area contributed by atoms with E-state index in [0.29, 0.717) is 0 Å². The third kappa shape index (κ3) is 4.16. The van der Waals surface area contributed by atoms with Gasteiger partial charge in [0.15, 0.2) is 0 Å². The third-order valence-corrected chi connectivity index (χ3v) is 3.78. The van der Waals surface area contributed by atoms with E-state index in [2.05, 4.69) is 29.5 Å². The summed E-state index contributed by atoms with van der Waals surface area (Å²) >= 11 is 0. The second-order valence-corrected chi connectivity index (χ2v) is 5.23. The summed E-state index contributed by atoms with van der Waals surface area (Å²) in [6, 6.07) is 10.6. The Kier molecular flexibility index (Phi) is 5.96. The molecule has 0 spiro atoms. The van der Waals surface area contributed by atoms with Crippen LogP contribution >= 0.6 is 0 Å². The molecule has 0 fully saturated rings. The van der Waals surface area contributed by atoms with Crippen molar-refractivity contribution in [3.63, 3.8) is 0 Å². The Bertz CT molecular complexity index is 537. The number of benzene rings is 1. The fourth-order valence-electron chi connectivity index (χ4n) is 2.53. The van der Waals surface area contributed by atoms with Crippen LogP contribution in [0.15, 0.2) is 34.9 Å². The summed E-state index contributed by atoms with van der Waals surface area (Å²) in [5.74, 6) is 0.883. The minimum absolute atomic E-state index is 0.220. The number of nitrogens with zero attached hydrogens (tertiary/aromatic N) is 1. The molecule has 0 aliphatic heterocycles. The maximum absolute atomic E-state index is 9.09. The van der Waals surface area contributed by atoms with E-state index in [1.54, 1.807) is 0 Å². The van der Waals surface area contributed by atoms with E-state index in [1.807, 2.05) is 25.1 Å². The van der Waals surface area contributed by atoms with Crippen LogP contribution in [0.2, 0.25) is 0 Å². The molecule has 114 valence electrons. The first-order valence-electron chi connectivity index (χ1n) is 7.59. The molecule has 4 heteroatoms. The number of aliphatic hydroxyl groups excluding tert-OH is 1. The number of hydrogen-bond acceptors (Lipinski definition) is 4. The van der Waals surface area contributed by atoms with Crippen molar-refractivity contribution >= 4 is 0 Å². The number of rotatable bonds is 8. The molecule has 21 heavy (non-hydrogen) atoms. The molecular formula is C17H24N2O2. The number of aliphatic hydroxyl groups is 1. The first-order chi connectivity index (χ1) is 10.3. The van der Waals surface area contributed by atoms with Crippen molar-refractivity contribution in [2.75, 3.05) is 6.61 Å². The highest BCUT2D eigenvalue weighted by molar-refractivity contribution is 5.23. The zero-order valence-corrected chi connectivity index (χ0v) is 12.8. The standard InChI is InChI=1S/C17H24N2O2/c1-3-16-15(13(2)21-19-16)12-18-17(10-7-11-20)14-8-5-4-6-9-14/h4-6,8-9,17-18,20H,3,7,10-12H2,1-2H3. The molecule has 0 amide bonds. The molecule has 2 N–H and O–H groups in total. The van der Waals surface area contributed by atoms with E-state index in [1.165, 1.54) is 5.56 Å². The van der Waals surface area contributed by atoms with Crippen LogP contribution in [-0.4, -0.2) is 16.9 Å². The molecule has 4 nitrogen and oxygen atoms in total. The van der Waals surface area contributed by atoms with E-state index in [4.69, 9.17) is 9.63 Å². The molecule has 1 aromatic heterocycles. The summed E-state index contributed by atoms with van der Waals surface area (Å²) in [4.78, 5) is 0. The molecule has 0 bridgehead atoms. The Hall–Kier alpha value is -1.65. The van der Waals surface area contributed by atoms with Crippen LogP contribution in [0.5, 0.6) is 0 Å². The van der Waals surface area contributed by atoms with Gasteiger partial charge in [-0.25, -0.2) is 0 Å². The molecule has 1 atom stereocenters. The monoisotopic (exact) mass is 288 g/mol. The molecule has 0 aliphatic carbocycles. The Morgan fingerprint density at radius 2 is 2.05 bits per heavy atom. The summed E-state index contributed by atoms with van der Waals surface area (Å²) in [6.45, 7) is 5.00. The SMILES string of the molecule is CCc1noc(C)c1CNC(CCCO)c1ccccc1. The van der Waals surface area contributed by atoms with Crippen molar-refractivity contribution < 1.29 is 9.63 Å². The predicted molar refractivity (Wildman–Crippen MR) is 83.0 cm³/mol. The highest BCUT2D eigenvalue weighted by atomic mass is 16.5. The fourth-order valence-corrected chi connectivity index (χ4v) is 2.53. The zero-order chi connectivity index (χ0) is 15.1. The quantitative estimate of drug-likeness (QED) is 0.783. The molecule has 0 saturated carbocycles. The summed E-state index contributed by atoms with van der Waals surface area (Å²) in [5, 5.41) is 16.8. The second-order valence-electron chi connectivity index (χ2n) is 5.23. The Morgan fingerprint density at radius 1 is 1.29 bits per heavy atom. The molecule has 1 aromatic carbocycles. The molecule has 1 unspecified atom stereocenters. The van der Waals surface area contributed by atoms with Crippen molar-refractivity contribution in [2.45, 2.75) is 45.7 Å². The second kappa shape index (κ2) is 7.96. The van der Waals surface area contributed by atoms with Crippen LogP contribution in [0.3, 0.4) is 0 Å². The van der Waals surface area contributed by atoms with Crippen LogP contribution in [0, 0.1) is 6.92 Å². The molecular weight excluding hydrogens is 264 g/mol. The molecule has 0 saturated heterocycles. The summed E-state index contributed by atoms with van der Waals surface area (Å²) < 4.78 is 5.28. The van der Waals surface area contributed by atoms with Gasteiger partial charge in [-0.15, -0.1) is 0 Å². The molecule has 2 rings (SSSR count). The Balaban J connectivity index is 2.07. The van der Waals surface area contributed by atoms with Crippen molar-refractivity contribution in [2.24, 2.45) is 0 Å². The van der Waals surface area contributed by atoms with E-state index >= 15 is 0 Å². The lowest BCUT2D eigenvalue weighted by Gasteiger charge is -2.19. The van der Waals surface area contributed by atoms with Gasteiger partial charge in [-0.1, -0.05) is 42.4 Å². The highest BCUT2D eigenvalue weighted by Crippen LogP contribution is 2.21. The first kappa shape index (κ1) is 15.7. The van der Waals surface area contributed by atoms with Crippen molar-refractivity contribution in [1.82, 2.24) is 10.5 Å². The van der Waals surface area contributed by atoms with Gasteiger partial charge < -0.3 is 14.9 Å². The van der Waals surface area contributed by atoms with E-state index < -0.39 is 0 Å². The van der Waals surface area contributed by atoms with Gasteiger partial charge in [-0.05, 0) is 31.7 Å². The lowest BCUT2D eigenvalue weighted by atomic mass is 10.0. The maximum Gasteiger partial charge on any atom is 0.138 e. The maximum atomic E-state index is 9.09. The predicted octanol–water partition coefficient (Wildman–Crippen LogP) is 3.15. The van der Waals surface area contributed by atoms with Crippen LogP contribution < -0.4 is 5.32 Å². The first-order valence-corrected chi connectivity index (χ1v) is 7.59. The van der Waals surface area contributed by atoms with Gasteiger partial charge >= 0.3 is 0 Å². The largest absolute Gasteiger partial charge is 0.396 e. The van der Waals surface area contributed by atoms with Crippen molar-refractivity contribution in [3.8, 4) is 0 Å². The number of nitrogens with one attached hydrogen (secondary N) is 1. The van der Waals surface area contributed by atoms with Crippen LogP contribution in [0.1, 0.15) is 48.4 Å².